The van der Waals surface area contributed by atoms with Crippen LogP contribution >= 0.6 is 0 Å². The number of carbonyl (C=O) groups is 2. The van der Waals surface area contributed by atoms with Crippen molar-refractivity contribution in [2.45, 2.75) is 44.6 Å². The Morgan fingerprint density at radius 1 is 1.28 bits per heavy atom. The molecule has 1 aromatic carbocycles. The summed E-state index contributed by atoms with van der Waals surface area (Å²) in [6.45, 7) is 6.52. The number of carbonyl (C=O) groups excluding carboxylic acids is 2. The van der Waals surface area contributed by atoms with Crippen molar-refractivity contribution in [1.29, 1.82) is 0 Å². The van der Waals surface area contributed by atoms with E-state index in [1.54, 1.807) is 17.0 Å². The number of nitrogens with one attached hydrogen (secondary N) is 2. The predicted octanol–water partition coefficient (Wildman–Crippen LogP) is 1.57. The van der Waals surface area contributed by atoms with E-state index in [4.69, 9.17) is 0 Å². The maximum atomic E-state index is 12.3. The third-order valence-electron chi connectivity index (χ3n) is 4.13. The van der Waals surface area contributed by atoms with Crippen LogP contribution < -0.4 is 10.0 Å². The van der Waals surface area contributed by atoms with E-state index >= 15 is 0 Å². The molecule has 0 radical (unpaired) electrons. The molecule has 1 atom stereocenters. The van der Waals surface area contributed by atoms with Gasteiger partial charge in [0.25, 0.3) is 0 Å². The summed E-state index contributed by atoms with van der Waals surface area (Å²) in [7, 11) is -3.52. The normalized spacial score (nSPS) is 18.0. The molecular weight excluding hydrogens is 342 g/mol. The second-order valence-corrected chi connectivity index (χ2v) is 8.22. The fourth-order valence-electron chi connectivity index (χ4n) is 2.69. The molecule has 1 heterocycles. The van der Waals surface area contributed by atoms with Crippen LogP contribution in [0.4, 0.5) is 5.69 Å². The van der Waals surface area contributed by atoms with Gasteiger partial charge in [-0.05, 0) is 44.5 Å². The molecule has 1 aliphatic heterocycles. The molecule has 2 N–H and O–H groups in total. The largest absolute Gasteiger partial charge is 0.339 e. The molecule has 1 aliphatic rings. The van der Waals surface area contributed by atoms with Crippen molar-refractivity contribution in [2.24, 2.45) is 5.92 Å². The van der Waals surface area contributed by atoms with Crippen molar-refractivity contribution in [3.05, 3.63) is 24.3 Å². The standard InChI is InChI=1S/C17H25N3O4S/c1-4-9-18-25(23,24)15-7-5-14(6-8-15)19-17(22)13-10-16(21)20(11-13)12(2)3/h5-8,12-13,18H,4,9-11H2,1-3H3,(H,19,22)/t13-/m0/s1. The summed E-state index contributed by atoms with van der Waals surface area (Å²) in [4.78, 5) is 26.1. The maximum absolute atomic E-state index is 12.3. The van der Waals surface area contributed by atoms with E-state index in [-0.39, 0.29) is 35.1 Å². The maximum Gasteiger partial charge on any atom is 0.240 e. The number of nitrogens with zero attached hydrogens (tertiary/aromatic N) is 1. The monoisotopic (exact) mass is 367 g/mol. The van der Waals surface area contributed by atoms with Crippen LogP contribution in [0.1, 0.15) is 33.6 Å². The van der Waals surface area contributed by atoms with Gasteiger partial charge in [-0.25, -0.2) is 13.1 Å². The third kappa shape index (κ3) is 4.79. The summed E-state index contributed by atoms with van der Waals surface area (Å²) in [6.07, 6.45) is 0.915. The van der Waals surface area contributed by atoms with Gasteiger partial charge in [0, 0.05) is 31.2 Å². The van der Waals surface area contributed by atoms with E-state index in [9.17, 15) is 18.0 Å². The molecule has 7 nitrogen and oxygen atoms in total. The molecule has 1 aromatic rings. The second-order valence-electron chi connectivity index (χ2n) is 6.45. The molecule has 0 saturated carbocycles. The molecule has 2 amide bonds. The number of anilines is 1. The Morgan fingerprint density at radius 2 is 1.92 bits per heavy atom. The van der Waals surface area contributed by atoms with E-state index in [0.29, 0.717) is 25.2 Å². The van der Waals surface area contributed by atoms with Gasteiger partial charge >= 0.3 is 0 Å². The molecule has 2 rings (SSSR count). The fourth-order valence-corrected chi connectivity index (χ4v) is 3.82. The summed E-state index contributed by atoms with van der Waals surface area (Å²) in [6, 6.07) is 6.08. The van der Waals surface area contributed by atoms with E-state index < -0.39 is 10.0 Å². The zero-order chi connectivity index (χ0) is 18.6. The predicted molar refractivity (Wildman–Crippen MR) is 95.5 cm³/mol. The van der Waals surface area contributed by atoms with Crippen LogP contribution in [0.25, 0.3) is 0 Å². The number of benzene rings is 1. The highest BCUT2D eigenvalue weighted by Crippen LogP contribution is 2.22. The minimum absolute atomic E-state index is 0.0152. The van der Waals surface area contributed by atoms with Gasteiger partial charge in [-0.15, -0.1) is 0 Å². The Balaban J connectivity index is 2.00. The molecule has 8 heteroatoms. The van der Waals surface area contributed by atoms with Gasteiger partial charge in [-0.2, -0.15) is 0 Å². The van der Waals surface area contributed by atoms with E-state index in [1.165, 1.54) is 12.1 Å². The first-order chi connectivity index (χ1) is 11.7. The van der Waals surface area contributed by atoms with Crippen molar-refractivity contribution in [3.8, 4) is 0 Å². The summed E-state index contributed by atoms with van der Waals surface area (Å²) < 4.78 is 26.5. The van der Waals surface area contributed by atoms with Gasteiger partial charge < -0.3 is 10.2 Å². The van der Waals surface area contributed by atoms with Crippen molar-refractivity contribution in [2.75, 3.05) is 18.4 Å². The number of likely N-dealkylation sites (tertiary alicyclic amines) is 1. The average Bonchev–Trinajstić information content (AvgIpc) is 2.96. The third-order valence-corrected chi connectivity index (χ3v) is 5.60. The summed E-state index contributed by atoms with van der Waals surface area (Å²) in [5.74, 6) is -0.626. The molecule has 0 spiro atoms. The molecule has 0 aromatic heterocycles. The van der Waals surface area contributed by atoms with Crippen LogP contribution in [0.2, 0.25) is 0 Å². The molecule has 0 aliphatic carbocycles. The number of hydrogen-bond acceptors (Lipinski definition) is 4. The van der Waals surface area contributed by atoms with Crippen LogP contribution in [0, 0.1) is 5.92 Å². The van der Waals surface area contributed by atoms with Gasteiger partial charge in [-0.3, -0.25) is 9.59 Å². The minimum atomic E-state index is -3.52. The lowest BCUT2D eigenvalue weighted by Gasteiger charge is -2.20. The molecular formula is C17H25N3O4S. The topological polar surface area (TPSA) is 95.6 Å². The lowest BCUT2D eigenvalue weighted by atomic mass is 10.1. The number of sulfonamides is 1. The first-order valence-corrected chi connectivity index (χ1v) is 9.93. The van der Waals surface area contributed by atoms with E-state index in [0.717, 1.165) is 0 Å². The highest BCUT2D eigenvalue weighted by atomic mass is 32.2. The average molecular weight is 367 g/mol. The Bertz CT molecular complexity index is 729. The van der Waals surface area contributed by atoms with Crippen molar-refractivity contribution in [1.82, 2.24) is 9.62 Å². The van der Waals surface area contributed by atoms with E-state index in [2.05, 4.69) is 10.0 Å². The molecule has 25 heavy (non-hydrogen) atoms. The highest BCUT2D eigenvalue weighted by Gasteiger charge is 2.35. The highest BCUT2D eigenvalue weighted by molar-refractivity contribution is 7.89. The van der Waals surface area contributed by atoms with Gasteiger partial charge in [0.05, 0.1) is 10.8 Å². The van der Waals surface area contributed by atoms with Crippen LogP contribution in [0.3, 0.4) is 0 Å². The van der Waals surface area contributed by atoms with Crippen molar-refractivity contribution >= 4 is 27.5 Å². The lowest BCUT2D eigenvalue weighted by Crippen LogP contribution is -2.33. The Labute approximate surface area is 148 Å². The van der Waals surface area contributed by atoms with Crippen LogP contribution in [0.15, 0.2) is 29.2 Å². The molecule has 1 saturated heterocycles. The summed E-state index contributed by atoms with van der Waals surface area (Å²) >= 11 is 0. The summed E-state index contributed by atoms with van der Waals surface area (Å²) in [5.41, 5.74) is 0.509. The Kier molecular flexibility index (Phi) is 6.18. The van der Waals surface area contributed by atoms with Crippen molar-refractivity contribution in [3.63, 3.8) is 0 Å². The molecule has 1 fully saturated rings. The smallest absolute Gasteiger partial charge is 0.240 e. The van der Waals surface area contributed by atoms with Gasteiger partial charge in [0.2, 0.25) is 21.8 Å². The Morgan fingerprint density at radius 3 is 2.44 bits per heavy atom. The summed E-state index contributed by atoms with van der Waals surface area (Å²) in [5, 5.41) is 2.75. The van der Waals surface area contributed by atoms with Crippen molar-refractivity contribution < 1.29 is 18.0 Å². The van der Waals surface area contributed by atoms with Crippen LogP contribution in [0.5, 0.6) is 0 Å². The quantitative estimate of drug-likeness (QED) is 0.765. The molecule has 0 bridgehead atoms. The van der Waals surface area contributed by atoms with Crippen LogP contribution in [-0.2, 0) is 19.6 Å². The van der Waals surface area contributed by atoms with Gasteiger partial charge in [0.15, 0.2) is 0 Å². The zero-order valence-corrected chi connectivity index (χ0v) is 15.6. The first kappa shape index (κ1) is 19.4. The minimum Gasteiger partial charge on any atom is -0.339 e. The second kappa shape index (κ2) is 7.97. The van der Waals surface area contributed by atoms with E-state index in [1.807, 2.05) is 20.8 Å². The lowest BCUT2D eigenvalue weighted by molar-refractivity contribution is -0.129. The fraction of sp³-hybridized carbons (Fsp3) is 0.529. The Hall–Kier alpha value is -1.93. The zero-order valence-electron chi connectivity index (χ0n) is 14.8. The SMILES string of the molecule is CCCNS(=O)(=O)c1ccc(NC(=O)[C@H]2CC(=O)N(C(C)C)C2)cc1. The number of amides is 2. The number of hydrogen-bond donors (Lipinski definition) is 2. The van der Waals surface area contributed by atoms with Crippen LogP contribution in [-0.4, -0.2) is 44.3 Å². The number of rotatable bonds is 7. The molecule has 138 valence electrons. The molecule has 0 unspecified atom stereocenters. The van der Waals surface area contributed by atoms with Gasteiger partial charge in [0.1, 0.15) is 0 Å². The van der Waals surface area contributed by atoms with Gasteiger partial charge in [-0.1, -0.05) is 6.92 Å². The first-order valence-electron chi connectivity index (χ1n) is 8.44.